The van der Waals surface area contributed by atoms with Crippen molar-refractivity contribution in [3.63, 3.8) is 0 Å². The van der Waals surface area contributed by atoms with Gasteiger partial charge < -0.3 is 10.3 Å². The molecule has 0 aliphatic heterocycles. The molecule has 4 rings (SSSR count). The van der Waals surface area contributed by atoms with Gasteiger partial charge >= 0.3 is 6.18 Å². The molecule has 0 amide bonds. The van der Waals surface area contributed by atoms with Crippen molar-refractivity contribution in [3.05, 3.63) is 89.4 Å². The number of hydrogen-bond donors (Lipinski definition) is 2. The fourth-order valence-corrected chi connectivity index (χ4v) is 3.50. The highest BCUT2D eigenvalue weighted by Gasteiger charge is 2.35. The van der Waals surface area contributed by atoms with Gasteiger partial charge in [0, 0.05) is 36.4 Å². The van der Waals surface area contributed by atoms with E-state index in [0.29, 0.717) is 18.0 Å². The summed E-state index contributed by atoms with van der Waals surface area (Å²) in [4.78, 5) is 11.5. The average Bonchev–Trinajstić information content (AvgIpc) is 3.16. The second-order valence-electron chi connectivity index (χ2n) is 6.85. The largest absolute Gasteiger partial charge is 0.416 e. The van der Waals surface area contributed by atoms with Crippen molar-refractivity contribution in [2.75, 3.05) is 5.32 Å². The van der Waals surface area contributed by atoms with Gasteiger partial charge in [0.05, 0.1) is 5.56 Å². The third-order valence-electron chi connectivity index (χ3n) is 4.98. The number of benzene rings is 1. The van der Waals surface area contributed by atoms with E-state index in [4.69, 9.17) is 0 Å². The van der Waals surface area contributed by atoms with Crippen LogP contribution in [0.4, 0.5) is 19.0 Å². The van der Waals surface area contributed by atoms with Gasteiger partial charge in [-0.3, -0.25) is 0 Å². The lowest BCUT2D eigenvalue weighted by molar-refractivity contribution is -0.138. The summed E-state index contributed by atoms with van der Waals surface area (Å²) in [6.07, 6.45) is 0.619. The molecule has 1 aromatic carbocycles. The van der Waals surface area contributed by atoms with Crippen molar-refractivity contribution in [2.24, 2.45) is 0 Å². The van der Waals surface area contributed by atoms with E-state index in [-0.39, 0.29) is 5.56 Å². The highest BCUT2D eigenvalue weighted by Crippen LogP contribution is 2.39. The molecule has 7 heteroatoms. The van der Waals surface area contributed by atoms with Crippen LogP contribution in [-0.4, -0.2) is 15.0 Å². The van der Waals surface area contributed by atoms with E-state index in [2.05, 4.69) is 20.3 Å². The predicted octanol–water partition coefficient (Wildman–Crippen LogP) is 5.74. The molecule has 4 nitrogen and oxygen atoms in total. The summed E-state index contributed by atoms with van der Waals surface area (Å²) in [6, 6.07) is 13.4. The zero-order chi connectivity index (χ0) is 20.4. The van der Waals surface area contributed by atoms with Crippen LogP contribution in [-0.2, 0) is 12.7 Å². The summed E-state index contributed by atoms with van der Waals surface area (Å²) >= 11 is 0. The Morgan fingerprint density at radius 1 is 1.00 bits per heavy atom. The standard InChI is InChI=1S/C22H19F3N4/c1-14(18-13-29-21-16(18)5-4-10-27-21)17-11-15(7-8-19(17)22(23,24)25)12-28-20-6-2-3-9-26-20/h2-11,13-14H,12H2,1H3,(H,26,28)(H,27,29). The number of alkyl halides is 3. The quantitative estimate of drug-likeness (QED) is 0.452. The molecule has 0 fully saturated rings. The molecule has 0 aliphatic rings. The predicted molar refractivity (Wildman–Crippen MR) is 107 cm³/mol. The lowest BCUT2D eigenvalue weighted by Crippen LogP contribution is -2.13. The minimum Gasteiger partial charge on any atom is -0.366 e. The van der Waals surface area contributed by atoms with Crippen molar-refractivity contribution in [1.82, 2.24) is 15.0 Å². The van der Waals surface area contributed by atoms with Crippen LogP contribution in [0.2, 0.25) is 0 Å². The Bertz CT molecular complexity index is 1120. The molecule has 0 bridgehead atoms. The maximum atomic E-state index is 13.7. The zero-order valence-corrected chi connectivity index (χ0v) is 15.7. The number of hydrogen-bond acceptors (Lipinski definition) is 3. The molecule has 0 saturated carbocycles. The lowest BCUT2D eigenvalue weighted by atomic mass is 9.88. The maximum absolute atomic E-state index is 13.7. The molecule has 1 unspecified atom stereocenters. The number of nitrogens with zero attached hydrogens (tertiary/aromatic N) is 2. The monoisotopic (exact) mass is 396 g/mol. The van der Waals surface area contributed by atoms with Crippen molar-refractivity contribution in [1.29, 1.82) is 0 Å². The molecule has 0 aliphatic carbocycles. The number of aromatic amines is 1. The fourth-order valence-electron chi connectivity index (χ4n) is 3.50. The van der Waals surface area contributed by atoms with Gasteiger partial charge in [0.15, 0.2) is 0 Å². The Morgan fingerprint density at radius 2 is 1.83 bits per heavy atom. The number of halogens is 3. The van der Waals surface area contributed by atoms with E-state index < -0.39 is 17.7 Å². The van der Waals surface area contributed by atoms with Gasteiger partial charge in [-0.1, -0.05) is 25.1 Å². The van der Waals surface area contributed by atoms with Gasteiger partial charge in [-0.25, -0.2) is 9.97 Å². The first-order valence-electron chi connectivity index (χ1n) is 9.20. The molecule has 0 radical (unpaired) electrons. The van der Waals surface area contributed by atoms with Crippen molar-refractivity contribution in [3.8, 4) is 0 Å². The Labute approximate surface area is 165 Å². The molecular weight excluding hydrogens is 377 g/mol. The number of fused-ring (bicyclic) bond motifs is 1. The molecule has 2 N–H and O–H groups in total. The number of aromatic nitrogens is 3. The Balaban J connectivity index is 1.71. The summed E-state index contributed by atoms with van der Waals surface area (Å²) in [5, 5.41) is 3.97. The third kappa shape index (κ3) is 3.94. The Kier molecular flexibility index (Phi) is 4.96. The number of H-pyrrole nitrogens is 1. The SMILES string of the molecule is CC(c1cc(CNc2ccccn2)ccc1C(F)(F)F)c1c[nH]c2ncccc12. The first kappa shape index (κ1) is 19.0. The molecule has 29 heavy (non-hydrogen) atoms. The normalized spacial score (nSPS) is 12.8. The second kappa shape index (κ2) is 7.58. The van der Waals surface area contributed by atoms with E-state index in [0.717, 1.165) is 22.6 Å². The van der Waals surface area contributed by atoms with Gasteiger partial charge in [-0.15, -0.1) is 0 Å². The summed E-state index contributed by atoms with van der Waals surface area (Å²) in [5.41, 5.74) is 1.82. The van der Waals surface area contributed by atoms with Crippen LogP contribution in [0.15, 0.2) is 67.1 Å². The van der Waals surface area contributed by atoms with Crippen molar-refractivity contribution >= 4 is 16.9 Å². The average molecular weight is 396 g/mol. The first-order valence-corrected chi connectivity index (χ1v) is 9.20. The smallest absolute Gasteiger partial charge is 0.366 e. The minimum atomic E-state index is -4.43. The molecular formula is C22H19F3N4. The highest BCUT2D eigenvalue weighted by molar-refractivity contribution is 5.80. The van der Waals surface area contributed by atoms with Crippen LogP contribution in [0, 0.1) is 0 Å². The van der Waals surface area contributed by atoms with Crippen LogP contribution in [0.1, 0.15) is 35.1 Å². The molecule has 0 saturated heterocycles. The van der Waals surface area contributed by atoms with E-state index in [1.165, 1.54) is 6.07 Å². The summed E-state index contributed by atoms with van der Waals surface area (Å²) in [5.74, 6) is 0.212. The summed E-state index contributed by atoms with van der Waals surface area (Å²) in [6.45, 7) is 2.17. The molecule has 1 atom stereocenters. The summed E-state index contributed by atoms with van der Waals surface area (Å²) in [7, 11) is 0. The van der Waals surface area contributed by atoms with Crippen LogP contribution in [0.25, 0.3) is 11.0 Å². The van der Waals surface area contributed by atoms with Crippen LogP contribution in [0.3, 0.4) is 0 Å². The molecule has 4 aromatic rings. The third-order valence-corrected chi connectivity index (χ3v) is 4.98. The maximum Gasteiger partial charge on any atom is 0.416 e. The molecule has 148 valence electrons. The summed E-state index contributed by atoms with van der Waals surface area (Å²) < 4.78 is 41.1. The van der Waals surface area contributed by atoms with Crippen LogP contribution in [0.5, 0.6) is 0 Å². The molecule has 0 spiro atoms. The zero-order valence-electron chi connectivity index (χ0n) is 15.7. The fraction of sp³-hybridized carbons (Fsp3) is 0.182. The number of rotatable bonds is 5. The van der Waals surface area contributed by atoms with Crippen molar-refractivity contribution in [2.45, 2.75) is 25.6 Å². The van der Waals surface area contributed by atoms with E-state index in [9.17, 15) is 13.2 Å². The second-order valence-corrected chi connectivity index (χ2v) is 6.85. The van der Waals surface area contributed by atoms with E-state index in [1.807, 2.05) is 18.2 Å². The van der Waals surface area contributed by atoms with E-state index in [1.54, 1.807) is 43.7 Å². The van der Waals surface area contributed by atoms with E-state index >= 15 is 0 Å². The first-order chi connectivity index (χ1) is 13.9. The number of nitrogens with one attached hydrogen (secondary N) is 2. The molecule has 3 aromatic heterocycles. The van der Waals surface area contributed by atoms with Gasteiger partial charge in [-0.2, -0.15) is 13.2 Å². The minimum absolute atomic E-state index is 0.238. The van der Waals surface area contributed by atoms with Gasteiger partial charge in [0.1, 0.15) is 11.5 Å². The number of anilines is 1. The van der Waals surface area contributed by atoms with Crippen molar-refractivity contribution < 1.29 is 13.2 Å². The Morgan fingerprint density at radius 3 is 2.59 bits per heavy atom. The van der Waals surface area contributed by atoms with Gasteiger partial charge in [-0.05, 0) is 47.0 Å². The number of pyridine rings is 2. The van der Waals surface area contributed by atoms with Crippen LogP contribution < -0.4 is 5.32 Å². The molecule has 3 heterocycles. The topological polar surface area (TPSA) is 53.6 Å². The lowest BCUT2D eigenvalue weighted by Gasteiger charge is -2.20. The van der Waals surface area contributed by atoms with Gasteiger partial charge in [0.2, 0.25) is 0 Å². The Hall–Kier alpha value is -3.35. The van der Waals surface area contributed by atoms with Gasteiger partial charge in [0.25, 0.3) is 0 Å². The highest BCUT2D eigenvalue weighted by atomic mass is 19.4. The van der Waals surface area contributed by atoms with Crippen LogP contribution >= 0.6 is 0 Å².